The van der Waals surface area contributed by atoms with Gasteiger partial charge in [-0.2, -0.15) is 0 Å². The van der Waals surface area contributed by atoms with Crippen molar-refractivity contribution in [2.75, 3.05) is 6.54 Å². The highest BCUT2D eigenvalue weighted by molar-refractivity contribution is 5.92. The number of benzene rings is 1. The summed E-state index contributed by atoms with van der Waals surface area (Å²) in [7, 11) is 0. The number of carbonyl (C=O) groups is 1. The number of aliphatic hydroxyl groups is 1. The van der Waals surface area contributed by atoms with Crippen molar-refractivity contribution in [3.05, 3.63) is 52.9 Å². The predicted octanol–water partition coefficient (Wildman–Crippen LogP) is 2.26. The molecular formula is C16H20N2O3. The van der Waals surface area contributed by atoms with Gasteiger partial charge in [0.25, 0.3) is 5.91 Å². The van der Waals surface area contributed by atoms with Crippen LogP contribution < -0.4 is 5.32 Å². The molecule has 0 atom stereocenters. The Labute approximate surface area is 124 Å². The van der Waals surface area contributed by atoms with E-state index in [-0.39, 0.29) is 18.4 Å². The van der Waals surface area contributed by atoms with E-state index in [0.29, 0.717) is 18.0 Å². The van der Waals surface area contributed by atoms with Gasteiger partial charge in [-0.05, 0) is 17.5 Å². The molecule has 0 saturated heterocycles. The van der Waals surface area contributed by atoms with Crippen LogP contribution in [0.2, 0.25) is 0 Å². The zero-order chi connectivity index (χ0) is 15.2. The highest BCUT2D eigenvalue weighted by Crippen LogP contribution is 2.14. The normalized spacial score (nSPS) is 10.9. The fourth-order valence-corrected chi connectivity index (χ4v) is 1.89. The lowest BCUT2D eigenvalue weighted by Gasteiger charge is -2.04. The summed E-state index contributed by atoms with van der Waals surface area (Å²) in [6.07, 6.45) is 0.729. The van der Waals surface area contributed by atoms with E-state index in [0.717, 1.165) is 17.5 Å². The first kappa shape index (κ1) is 15.3. The van der Waals surface area contributed by atoms with Gasteiger partial charge in [-0.15, -0.1) is 0 Å². The quantitative estimate of drug-likeness (QED) is 0.855. The third-order valence-electron chi connectivity index (χ3n) is 3.23. The van der Waals surface area contributed by atoms with Crippen LogP contribution in [0.5, 0.6) is 0 Å². The molecule has 0 aliphatic carbocycles. The number of nitrogens with one attached hydrogen (secondary N) is 1. The maximum absolute atomic E-state index is 11.9. The van der Waals surface area contributed by atoms with E-state index >= 15 is 0 Å². The standard InChI is InChI=1S/C16H20N2O3/c1-11(2)15-9-14(18-21-15)16(20)17-8-7-12-3-5-13(10-19)6-4-12/h3-6,9,11,19H,7-8,10H2,1-2H3,(H,17,20). The molecule has 0 bridgehead atoms. The van der Waals surface area contributed by atoms with Crippen molar-refractivity contribution in [2.24, 2.45) is 0 Å². The minimum Gasteiger partial charge on any atom is -0.392 e. The molecule has 0 aliphatic rings. The smallest absolute Gasteiger partial charge is 0.273 e. The molecule has 1 aromatic carbocycles. The topological polar surface area (TPSA) is 75.4 Å². The first-order valence-electron chi connectivity index (χ1n) is 7.03. The molecule has 0 fully saturated rings. The summed E-state index contributed by atoms with van der Waals surface area (Å²) in [6.45, 7) is 4.54. The van der Waals surface area contributed by atoms with Crippen molar-refractivity contribution in [3.63, 3.8) is 0 Å². The number of hydrogen-bond acceptors (Lipinski definition) is 4. The lowest BCUT2D eigenvalue weighted by Crippen LogP contribution is -2.25. The first-order valence-corrected chi connectivity index (χ1v) is 7.03. The Kier molecular flexibility index (Phi) is 5.11. The van der Waals surface area contributed by atoms with Gasteiger partial charge in [0.2, 0.25) is 0 Å². The molecule has 0 spiro atoms. The molecule has 1 amide bonds. The van der Waals surface area contributed by atoms with Crippen molar-refractivity contribution < 1.29 is 14.4 Å². The molecular weight excluding hydrogens is 268 g/mol. The van der Waals surface area contributed by atoms with Crippen LogP contribution in [-0.2, 0) is 13.0 Å². The number of rotatable bonds is 6. The van der Waals surface area contributed by atoms with Crippen molar-refractivity contribution >= 4 is 5.91 Å². The molecule has 5 nitrogen and oxygen atoms in total. The number of aromatic nitrogens is 1. The summed E-state index contributed by atoms with van der Waals surface area (Å²) in [5.41, 5.74) is 2.30. The van der Waals surface area contributed by atoms with Crippen molar-refractivity contribution in [1.82, 2.24) is 10.5 Å². The van der Waals surface area contributed by atoms with Crippen molar-refractivity contribution in [1.29, 1.82) is 0 Å². The summed E-state index contributed by atoms with van der Waals surface area (Å²) in [5.74, 6) is 0.696. The summed E-state index contributed by atoms with van der Waals surface area (Å²) in [6, 6.07) is 9.33. The Balaban J connectivity index is 1.83. The van der Waals surface area contributed by atoms with Gasteiger partial charge in [-0.25, -0.2) is 0 Å². The van der Waals surface area contributed by atoms with Gasteiger partial charge in [0, 0.05) is 18.5 Å². The molecule has 1 heterocycles. The Morgan fingerprint density at radius 2 is 1.95 bits per heavy atom. The Hall–Kier alpha value is -2.14. The molecule has 2 N–H and O–H groups in total. The monoisotopic (exact) mass is 288 g/mol. The minimum absolute atomic E-state index is 0.0430. The lowest BCUT2D eigenvalue weighted by atomic mass is 10.1. The minimum atomic E-state index is -0.224. The van der Waals surface area contributed by atoms with Gasteiger partial charge in [0.05, 0.1) is 6.61 Å². The van der Waals surface area contributed by atoms with Crippen LogP contribution in [0.4, 0.5) is 0 Å². The van der Waals surface area contributed by atoms with E-state index < -0.39 is 0 Å². The second-order valence-electron chi connectivity index (χ2n) is 5.25. The van der Waals surface area contributed by atoms with Crippen molar-refractivity contribution in [3.8, 4) is 0 Å². The molecule has 2 rings (SSSR count). The maximum atomic E-state index is 11.9. The molecule has 5 heteroatoms. The van der Waals surface area contributed by atoms with Crippen LogP contribution in [0.3, 0.4) is 0 Å². The summed E-state index contributed by atoms with van der Waals surface area (Å²) in [5, 5.41) is 15.6. The highest BCUT2D eigenvalue weighted by atomic mass is 16.5. The molecule has 21 heavy (non-hydrogen) atoms. The SMILES string of the molecule is CC(C)c1cc(C(=O)NCCc2ccc(CO)cc2)no1. The second-order valence-corrected chi connectivity index (χ2v) is 5.25. The van der Waals surface area contributed by atoms with Gasteiger partial charge in [-0.1, -0.05) is 43.3 Å². The van der Waals surface area contributed by atoms with Gasteiger partial charge in [0.15, 0.2) is 5.69 Å². The maximum Gasteiger partial charge on any atom is 0.273 e. The van der Waals surface area contributed by atoms with Crippen molar-refractivity contribution in [2.45, 2.75) is 32.8 Å². The highest BCUT2D eigenvalue weighted by Gasteiger charge is 2.13. The largest absolute Gasteiger partial charge is 0.392 e. The van der Waals surface area contributed by atoms with Crippen LogP contribution in [0.1, 0.15) is 47.1 Å². The summed E-state index contributed by atoms with van der Waals surface area (Å²) in [4.78, 5) is 11.9. The van der Waals surface area contributed by atoms with Gasteiger partial charge in [0.1, 0.15) is 5.76 Å². The predicted molar refractivity (Wildman–Crippen MR) is 79.0 cm³/mol. The zero-order valence-corrected chi connectivity index (χ0v) is 12.3. The summed E-state index contributed by atoms with van der Waals surface area (Å²) >= 11 is 0. The number of nitrogens with zero attached hydrogens (tertiary/aromatic N) is 1. The Morgan fingerprint density at radius 3 is 2.52 bits per heavy atom. The van der Waals surface area contributed by atoms with Crippen LogP contribution in [0.25, 0.3) is 0 Å². The Bertz CT molecular complexity index is 588. The lowest BCUT2D eigenvalue weighted by molar-refractivity contribution is 0.0945. The summed E-state index contributed by atoms with van der Waals surface area (Å²) < 4.78 is 5.10. The molecule has 0 unspecified atom stereocenters. The molecule has 112 valence electrons. The fraction of sp³-hybridized carbons (Fsp3) is 0.375. The Morgan fingerprint density at radius 1 is 1.29 bits per heavy atom. The number of aliphatic hydroxyl groups excluding tert-OH is 1. The fourth-order valence-electron chi connectivity index (χ4n) is 1.89. The average molecular weight is 288 g/mol. The van der Waals surface area contributed by atoms with E-state index in [4.69, 9.17) is 9.63 Å². The van der Waals surface area contributed by atoms with E-state index in [2.05, 4.69) is 10.5 Å². The zero-order valence-electron chi connectivity index (χ0n) is 12.3. The molecule has 0 saturated carbocycles. The first-order chi connectivity index (χ1) is 10.1. The molecule has 0 aliphatic heterocycles. The average Bonchev–Trinajstić information content (AvgIpc) is 2.98. The van der Waals surface area contributed by atoms with Crippen LogP contribution in [0, 0.1) is 0 Å². The number of carbonyl (C=O) groups excluding carboxylic acids is 1. The number of amides is 1. The van der Waals surface area contributed by atoms with Gasteiger partial charge in [-0.3, -0.25) is 4.79 Å². The molecule has 1 aromatic heterocycles. The van der Waals surface area contributed by atoms with E-state index in [9.17, 15) is 4.79 Å². The number of hydrogen-bond donors (Lipinski definition) is 2. The van der Waals surface area contributed by atoms with E-state index in [1.165, 1.54) is 0 Å². The van der Waals surface area contributed by atoms with E-state index in [1.807, 2.05) is 38.1 Å². The van der Waals surface area contributed by atoms with Crippen LogP contribution in [0.15, 0.2) is 34.9 Å². The third kappa shape index (κ3) is 4.16. The van der Waals surface area contributed by atoms with Gasteiger partial charge < -0.3 is 14.9 Å². The van der Waals surface area contributed by atoms with Gasteiger partial charge >= 0.3 is 0 Å². The second kappa shape index (κ2) is 7.04. The van der Waals surface area contributed by atoms with E-state index in [1.54, 1.807) is 6.07 Å². The van der Waals surface area contributed by atoms with Crippen LogP contribution >= 0.6 is 0 Å². The third-order valence-corrected chi connectivity index (χ3v) is 3.23. The van der Waals surface area contributed by atoms with Crippen LogP contribution in [-0.4, -0.2) is 22.7 Å². The molecule has 0 radical (unpaired) electrons. The molecule has 2 aromatic rings.